The Morgan fingerprint density at radius 3 is 2.66 bits per heavy atom. The van der Waals surface area contributed by atoms with Gasteiger partial charge in [-0.2, -0.15) is 18.3 Å². The van der Waals surface area contributed by atoms with Crippen molar-refractivity contribution in [3.63, 3.8) is 0 Å². The third-order valence-electron chi connectivity index (χ3n) is 6.31. The van der Waals surface area contributed by atoms with Crippen molar-refractivity contribution in [2.45, 2.75) is 12.7 Å². The molecule has 5 aromatic rings. The van der Waals surface area contributed by atoms with E-state index in [-0.39, 0.29) is 6.54 Å². The number of hydrogen-bond acceptors (Lipinski definition) is 7. The largest absolute Gasteiger partial charge is 0.396 e. The Morgan fingerprint density at radius 1 is 1.03 bits per heavy atom. The lowest BCUT2D eigenvalue weighted by atomic mass is 9.98. The first-order valence-electron chi connectivity index (χ1n) is 11.8. The summed E-state index contributed by atoms with van der Waals surface area (Å²) in [6.45, 7) is 0.430. The van der Waals surface area contributed by atoms with Crippen molar-refractivity contribution in [2.75, 3.05) is 20.6 Å². The highest BCUT2D eigenvalue weighted by Crippen LogP contribution is 2.34. The Morgan fingerprint density at radius 2 is 1.84 bits per heavy atom. The number of H-pyrrole nitrogens is 2. The molecule has 0 radical (unpaired) electrons. The Kier molecular flexibility index (Phi) is 5.75. The summed E-state index contributed by atoms with van der Waals surface area (Å²) in [6, 6.07) is 4.04. The summed E-state index contributed by atoms with van der Waals surface area (Å²) in [5, 5.41) is 8.05. The molecule has 0 amide bonds. The minimum absolute atomic E-state index is 0.328. The van der Waals surface area contributed by atoms with Crippen molar-refractivity contribution in [1.82, 2.24) is 40.0 Å². The van der Waals surface area contributed by atoms with E-state index in [2.05, 4.69) is 46.1 Å². The van der Waals surface area contributed by atoms with Crippen molar-refractivity contribution >= 4 is 33.9 Å². The van der Waals surface area contributed by atoms with Gasteiger partial charge in [-0.3, -0.25) is 20.1 Å². The van der Waals surface area contributed by atoms with Gasteiger partial charge in [-0.15, -0.1) is 0 Å². The molecule has 0 fully saturated rings. The summed E-state index contributed by atoms with van der Waals surface area (Å²) >= 11 is 0. The number of alkyl halides is 3. The number of hydrogen-bond donors (Lipinski definition) is 2. The number of pyridine rings is 3. The Hall–Kier alpha value is -4.45. The zero-order chi connectivity index (χ0) is 26.4. The van der Waals surface area contributed by atoms with E-state index in [1.807, 2.05) is 26.4 Å². The van der Waals surface area contributed by atoms with Crippen LogP contribution >= 0.6 is 0 Å². The molecule has 0 saturated carbocycles. The third-order valence-corrected chi connectivity index (χ3v) is 6.31. The van der Waals surface area contributed by atoms with Gasteiger partial charge in [0.05, 0.1) is 29.6 Å². The first kappa shape index (κ1) is 23.9. The number of dihydropyridines is 1. The molecule has 12 heteroatoms. The fourth-order valence-corrected chi connectivity index (χ4v) is 4.53. The van der Waals surface area contributed by atoms with Gasteiger partial charge in [0.25, 0.3) is 0 Å². The number of fused-ring (bicyclic) bond motifs is 2. The van der Waals surface area contributed by atoms with Crippen LogP contribution in [0.4, 0.5) is 13.2 Å². The van der Waals surface area contributed by atoms with Crippen LogP contribution in [0.1, 0.15) is 11.1 Å². The van der Waals surface area contributed by atoms with Crippen LogP contribution in [-0.2, 0) is 6.54 Å². The fourth-order valence-electron chi connectivity index (χ4n) is 4.53. The molecule has 0 aromatic carbocycles. The van der Waals surface area contributed by atoms with Gasteiger partial charge in [0.2, 0.25) is 0 Å². The van der Waals surface area contributed by atoms with Gasteiger partial charge in [0.1, 0.15) is 11.2 Å². The van der Waals surface area contributed by atoms with Gasteiger partial charge >= 0.3 is 6.18 Å². The number of nitrogens with zero attached hydrogens (tertiary/aromatic N) is 7. The molecule has 1 aliphatic heterocycles. The first-order valence-corrected chi connectivity index (χ1v) is 11.8. The summed E-state index contributed by atoms with van der Waals surface area (Å²) < 4.78 is 40.0. The average Bonchev–Trinajstić information content (AvgIpc) is 3.51. The maximum atomic E-state index is 13.3. The van der Waals surface area contributed by atoms with E-state index in [0.29, 0.717) is 39.3 Å². The van der Waals surface area contributed by atoms with Gasteiger partial charge in [0.15, 0.2) is 11.5 Å². The van der Waals surface area contributed by atoms with Crippen molar-refractivity contribution in [2.24, 2.45) is 10.9 Å². The van der Waals surface area contributed by atoms with Gasteiger partial charge in [-0.25, -0.2) is 9.97 Å². The maximum absolute atomic E-state index is 13.3. The van der Waals surface area contributed by atoms with Gasteiger partial charge < -0.3 is 9.88 Å². The second-order valence-corrected chi connectivity index (χ2v) is 9.45. The molecule has 5 aromatic heterocycles. The van der Waals surface area contributed by atoms with E-state index in [4.69, 9.17) is 4.98 Å². The van der Waals surface area contributed by atoms with E-state index in [0.717, 1.165) is 28.6 Å². The predicted octanol–water partition coefficient (Wildman–Crippen LogP) is 4.67. The van der Waals surface area contributed by atoms with E-state index in [1.165, 1.54) is 18.5 Å². The van der Waals surface area contributed by atoms with Gasteiger partial charge in [-0.05, 0) is 37.4 Å². The van der Waals surface area contributed by atoms with Crippen LogP contribution < -0.4 is 0 Å². The van der Waals surface area contributed by atoms with E-state index < -0.39 is 12.1 Å². The van der Waals surface area contributed by atoms with E-state index >= 15 is 0 Å². The number of rotatable bonds is 5. The fraction of sp³-hybridized carbons (Fsp3) is 0.231. The SMILES string of the molecule is CN(C)Cc1cncc(-c2cnc3n[nH]c(-c4nc5c(C6=CC(C(F)(F)F)CN=C6)cncc5[nH]4)c3c2)c1. The number of imidazole rings is 1. The smallest absolute Gasteiger partial charge is 0.335 e. The van der Waals surface area contributed by atoms with E-state index in [9.17, 15) is 13.2 Å². The molecule has 1 aliphatic rings. The minimum Gasteiger partial charge on any atom is -0.335 e. The van der Waals surface area contributed by atoms with Crippen LogP contribution in [-0.4, -0.2) is 73.0 Å². The normalized spacial score (nSPS) is 16.1. The average molecular weight is 518 g/mol. The zero-order valence-corrected chi connectivity index (χ0v) is 20.5. The van der Waals surface area contributed by atoms with Gasteiger partial charge in [-0.1, -0.05) is 6.08 Å². The first-order chi connectivity index (χ1) is 18.3. The van der Waals surface area contributed by atoms with Crippen LogP contribution in [0.3, 0.4) is 0 Å². The molecule has 0 bridgehead atoms. The van der Waals surface area contributed by atoms with Crippen LogP contribution in [0.5, 0.6) is 0 Å². The summed E-state index contributed by atoms with van der Waals surface area (Å²) in [4.78, 5) is 27.0. The van der Waals surface area contributed by atoms with Crippen molar-refractivity contribution in [3.8, 4) is 22.6 Å². The highest BCUT2D eigenvalue weighted by molar-refractivity contribution is 6.14. The van der Waals surface area contributed by atoms with Crippen LogP contribution in [0.25, 0.3) is 50.3 Å². The Labute approximate surface area is 214 Å². The topological polar surface area (TPSA) is 112 Å². The van der Waals surface area contributed by atoms with Gasteiger partial charge in [0, 0.05) is 54.2 Å². The monoisotopic (exact) mass is 517 g/mol. The lowest BCUT2D eigenvalue weighted by molar-refractivity contribution is -0.158. The summed E-state index contributed by atoms with van der Waals surface area (Å²) in [5.41, 5.74) is 5.84. The summed E-state index contributed by atoms with van der Waals surface area (Å²) in [6.07, 6.45) is 6.70. The van der Waals surface area contributed by atoms with Crippen molar-refractivity contribution < 1.29 is 13.2 Å². The Balaban J connectivity index is 1.41. The minimum atomic E-state index is -4.37. The molecule has 0 saturated heterocycles. The van der Waals surface area contributed by atoms with Crippen molar-refractivity contribution in [3.05, 3.63) is 60.3 Å². The molecule has 1 unspecified atom stereocenters. The molecular formula is C26H22F3N9. The quantitative estimate of drug-likeness (QED) is 0.351. The van der Waals surface area contributed by atoms with Crippen LogP contribution in [0.15, 0.2) is 54.2 Å². The number of aromatic nitrogens is 7. The standard InChI is InChI=1S/C26H22F3N9/c1-38(2)13-14-3-15(7-30-6-14)16-5-19-23(36-37-24(19)33-9-16)25-34-21-12-32-11-20(22(21)35-25)17-4-18(10-31-8-17)26(27,28)29/h3-9,11-12,18H,10,13H2,1-2H3,(H,34,35)(H,33,36,37). The number of nitrogens with one attached hydrogen (secondary N) is 2. The molecule has 0 aliphatic carbocycles. The summed E-state index contributed by atoms with van der Waals surface area (Å²) in [7, 11) is 4.00. The number of halogens is 3. The lowest BCUT2D eigenvalue weighted by Crippen LogP contribution is -2.25. The third kappa shape index (κ3) is 4.43. The molecule has 6 heterocycles. The van der Waals surface area contributed by atoms with Crippen LogP contribution in [0.2, 0.25) is 0 Å². The molecule has 6 rings (SSSR count). The summed E-state index contributed by atoms with van der Waals surface area (Å²) in [5.74, 6) is -1.18. The highest BCUT2D eigenvalue weighted by Gasteiger charge is 2.39. The Bertz CT molecular complexity index is 1710. The second kappa shape index (κ2) is 9.14. The predicted molar refractivity (Wildman–Crippen MR) is 138 cm³/mol. The number of aliphatic imine (C=N–C) groups is 1. The van der Waals surface area contributed by atoms with E-state index in [1.54, 1.807) is 18.6 Å². The van der Waals surface area contributed by atoms with Crippen molar-refractivity contribution in [1.29, 1.82) is 0 Å². The maximum Gasteiger partial charge on any atom is 0.396 e. The van der Waals surface area contributed by atoms with Crippen LogP contribution in [0, 0.1) is 5.92 Å². The molecule has 2 N–H and O–H groups in total. The molecule has 192 valence electrons. The lowest BCUT2D eigenvalue weighted by Gasteiger charge is -2.19. The molecular weight excluding hydrogens is 495 g/mol. The zero-order valence-electron chi connectivity index (χ0n) is 20.5. The number of allylic oxidation sites excluding steroid dienone is 1. The second-order valence-electron chi connectivity index (χ2n) is 9.45. The highest BCUT2D eigenvalue weighted by atomic mass is 19.4. The molecule has 38 heavy (non-hydrogen) atoms. The molecule has 0 spiro atoms. The number of aromatic amines is 2. The molecule has 1 atom stereocenters. The molecule has 9 nitrogen and oxygen atoms in total.